The Kier molecular flexibility index (Phi) is 3.82. The highest BCUT2D eigenvalue weighted by Gasteiger charge is 2.34. The summed E-state index contributed by atoms with van der Waals surface area (Å²) in [5.41, 5.74) is 5.69. The summed E-state index contributed by atoms with van der Waals surface area (Å²) in [5, 5.41) is 0. The van der Waals surface area contributed by atoms with Gasteiger partial charge in [0.1, 0.15) is 25.0 Å². The van der Waals surface area contributed by atoms with Crippen LogP contribution in [0, 0.1) is 0 Å². The molecule has 1 unspecified atom stereocenters. The van der Waals surface area contributed by atoms with Gasteiger partial charge in [0, 0.05) is 6.42 Å². The van der Waals surface area contributed by atoms with Crippen molar-refractivity contribution in [1.29, 1.82) is 0 Å². The lowest BCUT2D eigenvalue weighted by molar-refractivity contribution is -0.523. The van der Waals surface area contributed by atoms with E-state index >= 15 is 0 Å². The van der Waals surface area contributed by atoms with Gasteiger partial charge in [-0.1, -0.05) is 12.7 Å². The maximum Gasteiger partial charge on any atom is 0.156 e. The monoisotopic (exact) mass is 272 g/mol. The molecular weight excluding hydrogens is 246 g/mol. The zero-order valence-corrected chi connectivity index (χ0v) is 12.9. The fourth-order valence-corrected chi connectivity index (χ4v) is 3.75. The number of rotatable bonds is 2. The molecule has 1 heterocycles. The minimum atomic E-state index is 0.271. The Morgan fingerprint density at radius 1 is 1.20 bits per heavy atom. The van der Waals surface area contributed by atoms with Crippen LogP contribution in [0.1, 0.15) is 52.4 Å². The summed E-state index contributed by atoms with van der Waals surface area (Å²) in [6, 6.07) is 0. The van der Waals surface area contributed by atoms with E-state index in [4.69, 9.17) is 4.74 Å². The third-order valence-corrected chi connectivity index (χ3v) is 4.90. The van der Waals surface area contributed by atoms with Gasteiger partial charge in [0.2, 0.25) is 0 Å². The van der Waals surface area contributed by atoms with Crippen molar-refractivity contribution < 1.29 is 9.31 Å². The number of allylic oxidation sites excluding steroid dienone is 3. The van der Waals surface area contributed by atoms with Crippen molar-refractivity contribution in [3.8, 4) is 0 Å². The van der Waals surface area contributed by atoms with Gasteiger partial charge in [0.15, 0.2) is 5.71 Å². The van der Waals surface area contributed by atoms with Crippen LogP contribution in [-0.2, 0) is 4.74 Å². The van der Waals surface area contributed by atoms with Crippen molar-refractivity contribution in [3.63, 3.8) is 0 Å². The molecule has 0 aromatic carbocycles. The van der Waals surface area contributed by atoms with E-state index in [1.807, 2.05) is 0 Å². The van der Waals surface area contributed by atoms with Gasteiger partial charge >= 0.3 is 0 Å². The maximum absolute atomic E-state index is 6.34. The Morgan fingerprint density at radius 3 is 2.75 bits per heavy atom. The van der Waals surface area contributed by atoms with Crippen LogP contribution in [0.3, 0.4) is 0 Å². The second kappa shape index (κ2) is 5.59. The van der Waals surface area contributed by atoms with E-state index in [9.17, 15) is 0 Å². The predicted octanol–water partition coefficient (Wildman–Crippen LogP) is 3.98. The van der Waals surface area contributed by atoms with Gasteiger partial charge < -0.3 is 4.74 Å². The number of hydrogen-bond donors (Lipinski definition) is 0. The van der Waals surface area contributed by atoms with Crippen LogP contribution in [0.4, 0.5) is 0 Å². The molecule has 0 saturated heterocycles. The first-order valence-corrected chi connectivity index (χ1v) is 8.11. The fraction of sp³-hybridized carbons (Fsp3) is 0.611. The van der Waals surface area contributed by atoms with Crippen LogP contribution in [-0.4, -0.2) is 29.5 Å². The number of ether oxygens (including phenoxy) is 1. The van der Waals surface area contributed by atoms with Crippen molar-refractivity contribution in [3.05, 3.63) is 35.1 Å². The molecule has 0 N–H and O–H groups in total. The highest BCUT2D eigenvalue weighted by Crippen LogP contribution is 2.39. The smallest absolute Gasteiger partial charge is 0.156 e. The second-order valence-corrected chi connectivity index (χ2v) is 6.08. The lowest BCUT2D eigenvalue weighted by Crippen LogP contribution is -2.34. The third-order valence-electron chi connectivity index (χ3n) is 4.90. The van der Waals surface area contributed by atoms with Gasteiger partial charge in [0.05, 0.1) is 6.42 Å². The standard InChI is InChI=1S/C18H26NO/c1-4-19(5-2)16-10-9-14-11-15-8-6-7-13(3)18(15)20-17(14)12-16/h11,17H,3-10,12H2,1-2H3/q+1. The van der Waals surface area contributed by atoms with Gasteiger partial charge in [-0.2, -0.15) is 0 Å². The molecule has 0 radical (unpaired) electrons. The molecule has 0 amide bonds. The molecule has 1 saturated carbocycles. The Balaban J connectivity index is 1.85. The molecule has 1 fully saturated rings. The minimum absolute atomic E-state index is 0.271. The lowest BCUT2D eigenvalue weighted by atomic mass is 9.83. The molecule has 1 atom stereocenters. The summed E-state index contributed by atoms with van der Waals surface area (Å²) in [4.78, 5) is 0. The predicted molar refractivity (Wildman–Crippen MR) is 83.2 cm³/mol. The van der Waals surface area contributed by atoms with E-state index in [1.165, 1.54) is 36.0 Å². The fourth-order valence-electron chi connectivity index (χ4n) is 3.75. The van der Waals surface area contributed by atoms with E-state index in [-0.39, 0.29) is 6.10 Å². The first-order chi connectivity index (χ1) is 9.72. The number of hydrogen-bond acceptors (Lipinski definition) is 1. The summed E-state index contributed by atoms with van der Waals surface area (Å²) >= 11 is 0. The van der Waals surface area contributed by atoms with Gasteiger partial charge in [-0.25, -0.2) is 4.58 Å². The zero-order chi connectivity index (χ0) is 14.1. The molecular formula is C18H26NO+. The molecule has 2 aliphatic carbocycles. The van der Waals surface area contributed by atoms with Crippen molar-refractivity contribution >= 4 is 5.71 Å². The highest BCUT2D eigenvalue weighted by molar-refractivity contribution is 5.82. The first kappa shape index (κ1) is 13.7. The average Bonchev–Trinajstić information content (AvgIpc) is 2.47. The van der Waals surface area contributed by atoms with Crippen LogP contribution >= 0.6 is 0 Å². The molecule has 1 aliphatic heterocycles. The minimum Gasteiger partial charge on any atom is -0.485 e. The maximum atomic E-state index is 6.34. The van der Waals surface area contributed by atoms with Crippen LogP contribution in [0.25, 0.3) is 0 Å². The normalized spacial score (nSPS) is 25.7. The Hall–Kier alpha value is -1.31. The summed E-state index contributed by atoms with van der Waals surface area (Å²) in [6.07, 6.45) is 9.62. The Morgan fingerprint density at radius 2 is 2.00 bits per heavy atom. The lowest BCUT2D eigenvalue weighted by Gasteiger charge is -2.34. The van der Waals surface area contributed by atoms with Crippen molar-refractivity contribution in [1.82, 2.24) is 0 Å². The highest BCUT2D eigenvalue weighted by atomic mass is 16.5. The van der Waals surface area contributed by atoms with Gasteiger partial charge in [-0.05, 0) is 56.3 Å². The summed E-state index contributed by atoms with van der Waals surface area (Å²) < 4.78 is 8.84. The largest absolute Gasteiger partial charge is 0.485 e. The summed E-state index contributed by atoms with van der Waals surface area (Å²) in [6.45, 7) is 10.9. The van der Waals surface area contributed by atoms with Gasteiger partial charge in [0.25, 0.3) is 0 Å². The summed E-state index contributed by atoms with van der Waals surface area (Å²) in [5.74, 6) is 1.12. The van der Waals surface area contributed by atoms with E-state index in [0.717, 1.165) is 38.1 Å². The molecule has 20 heavy (non-hydrogen) atoms. The zero-order valence-electron chi connectivity index (χ0n) is 12.9. The molecule has 2 nitrogen and oxygen atoms in total. The van der Waals surface area contributed by atoms with E-state index in [0.29, 0.717) is 0 Å². The molecule has 0 bridgehead atoms. The number of nitrogens with zero attached hydrogens (tertiary/aromatic N) is 1. The van der Waals surface area contributed by atoms with Crippen LogP contribution < -0.4 is 0 Å². The molecule has 3 rings (SSSR count). The molecule has 0 spiro atoms. The third kappa shape index (κ3) is 2.36. The summed E-state index contributed by atoms with van der Waals surface area (Å²) in [7, 11) is 0. The van der Waals surface area contributed by atoms with Crippen molar-refractivity contribution in [2.24, 2.45) is 0 Å². The average molecular weight is 272 g/mol. The quantitative estimate of drug-likeness (QED) is 0.692. The molecule has 3 aliphatic rings. The van der Waals surface area contributed by atoms with Crippen molar-refractivity contribution in [2.75, 3.05) is 13.1 Å². The van der Waals surface area contributed by atoms with Gasteiger partial charge in [-0.15, -0.1) is 0 Å². The second-order valence-electron chi connectivity index (χ2n) is 6.08. The van der Waals surface area contributed by atoms with Crippen LogP contribution in [0.5, 0.6) is 0 Å². The molecule has 0 aromatic rings. The van der Waals surface area contributed by atoms with Crippen LogP contribution in [0.15, 0.2) is 35.1 Å². The molecule has 2 heteroatoms. The van der Waals surface area contributed by atoms with E-state index in [2.05, 4.69) is 31.1 Å². The van der Waals surface area contributed by atoms with E-state index in [1.54, 1.807) is 5.71 Å². The van der Waals surface area contributed by atoms with Crippen molar-refractivity contribution in [2.45, 2.75) is 58.5 Å². The first-order valence-electron chi connectivity index (χ1n) is 8.11. The Bertz CT molecular complexity index is 516. The van der Waals surface area contributed by atoms with Gasteiger partial charge in [-0.3, -0.25) is 0 Å². The topological polar surface area (TPSA) is 12.2 Å². The molecule has 108 valence electrons. The number of fused-ring (bicyclic) bond motifs is 1. The van der Waals surface area contributed by atoms with Crippen LogP contribution in [0.2, 0.25) is 0 Å². The Labute approximate surface area is 122 Å². The SMILES string of the molecule is C=C1CCCC2=C1OC1CC(=[N+](CC)CC)CCC1=C2. The molecule has 0 aromatic heterocycles. The van der Waals surface area contributed by atoms with E-state index < -0.39 is 0 Å².